The highest BCUT2D eigenvalue weighted by Crippen LogP contribution is 2.12. The number of pyridine rings is 1. The molecule has 2 aromatic heterocycles. The molecule has 116 valence electrons. The van der Waals surface area contributed by atoms with Crippen molar-refractivity contribution >= 4 is 5.91 Å². The summed E-state index contributed by atoms with van der Waals surface area (Å²) in [5.41, 5.74) is 0.812. The second kappa shape index (κ2) is 6.30. The third-order valence-electron chi connectivity index (χ3n) is 3.07. The van der Waals surface area contributed by atoms with Crippen molar-refractivity contribution in [2.45, 2.75) is 6.54 Å². The molecule has 1 amide bonds. The molecule has 3 rings (SSSR count). The average Bonchev–Trinajstić information content (AvgIpc) is 3.05. The lowest BCUT2D eigenvalue weighted by Gasteiger charge is -2.03. The van der Waals surface area contributed by atoms with Gasteiger partial charge in [0, 0.05) is 23.5 Å². The van der Waals surface area contributed by atoms with Crippen LogP contribution in [0.25, 0.3) is 11.4 Å². The van der Waals surface area contributed by atoms with E-state index in [-0.39, 0.29) is 12.1 Å². The van der Waals surface area contributed by atoms with Gasteiger partial charge < -0.3 is 5.32 Å². The van der Waals surface area contributed by atoms with E-state index in [1.165, 1.54) is 6.07 Å². The number of hydrogen-bond acceptors (Lipinski definition) is 4. The van der Waals surface area contributed by atoms with Gasteiger partial charge in [0.2, 0.25) is 0 Å². The van der Waals surface area contributed by atoms with Crippen molar-refractivity contribution in [3.8, 4) is 11.4 Å². The zero-order valence-corrected chi connectivity index (χ0v) is 11.8. The van der Waals surface area contributed by atoms with E-state index in [1.54, 1.807) is 24.5 Å². The largest absolute Gasteiger partial charge is 0.345 e. The van der Waals surface area contributed by atoms with Gasteiger partial charge in [0.15, 0.2) is 17.5 Å². The summed E-state index contributed by atoms with van der Waals surface area (Å²) in [4.78, 5) is 20.0. The number of nitrogens with zero attached hydrogens (tertiary/aromatic N) is 3. The van der Waals surface area contributed by atoms with E-state index in [1.807, 2.05) is 0 Å². The number of H-pyrrole nitrogens is 1. The van der Waals surface area contributed by atoms with E-state index in [0.717, 1.165) is 17.7 Å². The first-order valence-corrected chi connectivity index (χ1v) is 6.68. The van der Waals surface area contributed by atoms with Gasteiger partial charge in [-0.25, -0.2) is 13.8 Å². The van der Waals surface area contributed by atoms with Crippen LogP contribution < -0.4 is 5.32 Å². The highest BCUT2D eigenvalue weighted by Gasteiger charge is 2.11. The van der Waals surface area contributed by atoms with Gasteiger partial charge in [-0.15, -0.1) is 0 Å². The number of benzene rings is 1. The van der Waals surface area contributed by atoms with Crippen LogP contribution in [0.5, 0.6) is 0 Å². The highest BCUT2D eigenvalue weighted by atomic mass is 19.2. The molecule has 0 unspecified atom stereocenters. The Morgan fingerprint density at radius 3 is 2.65 bits per heavy atom. The van der Waals surface area contributed by atoms with Crippen molar-refractivity contribution in [1.82, 2.24) is 25.5 Å². The maximum absolute atomic E-state index is 13.1. The van der Waals surface area contributed by atoms with Gasteiger partial charge in [0.25, 0.3) is 5.91 Å². The molecule has 0 aliphatic carbocycles. The third-order valence-corrected chi connectivity index (χ3v) is 3.07. The summed E-state index contributed by atoms with van der Waals surface area (Å²) in [6.45, 7) is 0.0793. The number of carbonyl (C=O) groups excluding carboxylic acids is 1. The molecule has 0 bridgehead atoms. The number of halogens is 2. The predicted octanol–water partition coefficient (Wildman–Crippen LogP) is 2.07. The Kier molecular flexibility index (Phi) is 4.05. The Hall–Kier alpha value is -3.16. The summed E-state index contributed by atoms with van der Waals surface area (Å²) < 4.78 is 25.9. The molecule has 2 heterocycles. The Morgan fingerprint density at radius 2 is 1.91 bits per heavy atom. The summed E-state index contributed by atoms with van der Waals surface area (Å²) in [5.74, 6) is -1.70. The summed E-state index contributed by atoms with van der Waals surface area (Å²) in [5, 5.41) is 9.29. The first-order valence-electron chi connectivity index (χ1n) is 6.68. The molecule has 6 nitrogen and oxygen atoms in total. The number of rotatable bonds is 4. The maximum atomic E-state index is 13.1. The van der Waals surface area contributed by atoms with Crippen LogP contribution in [0.3, 0.4) is 0 Å². The van der Waals surface area contributed by atoms with Crippen molar-refractivity contribution in [3.63, 3.8) is 0 Å². The number of nitrogens with one attached hydrogen (secondary N) is 2. The van der Waals surface area contributed by atoms with Crippen molar-refractivity contribution < 1.29 is 13.6 Å². The Labute approximate surface area is 129 Å². The Morgan fingerprint density at radius 1 is 1.13 bits per heavy atom. The van der Waals surface area contributed by atoms with Crippen LogP contribution in [0.15, 0.2) is 42.7 Å². The molecule has 0 saturated carbocycles. The van der Waals surface area contributed by atoms with Crippen LogP contribution in [0.1, 0.15) is 16.2 Å². The van der Waals surface area contributed by atoms with Gasteiger partial charge in [-0.3, -0.25) is 14.9 Å². The number of hydrogen-bond donors (Lipinski definition) is 2. The molecular weight excluding hydrogens is 304 g/mol. The molecule has 0 aliphatic heterocycles. The monoisotopic (exact) mass is 315 g/mol. The predicted molar refractivity (Wildman–Crippen MR) is 77.1 cm³/mol. The molecule has 1 aromatic carbocycles. The lowest BCUT2D eigenvalue weighted by atomic mass is 10.2. The Balaban J connectivity index is 1.65. The van der Waals surface area contributed by atoms with Crippen LogP contribution >= 0.6 is 0 Å². The van der Waals surface area contributed by atoms with Gasteiger partial charge in [-0.1, -0.05) is 0 Å². The minimum absolute atomic E-state index is 0.0257. The first-order chi connectivity index (χ1) is 11.1. The zero-order valence-electron chi connectivity index (χ0n) is 11.8. The van der Waals surface area contributed by atoms with Gasteiger partial charge >= 0.3 is 0 Å². The minimum Gasteiger partial charge on any atom is -0.345 e. The molecule has 3 aromatic rings. The minimum atomic E-state index is -1.07. The molecule has 8 heteroatoms. The normalized spacial score (nSPS) is 10.5. The summed E-state index contributed by atoms with van der Waals surface area (Å²) in [6.07, 6.45) is 3.24. The van der Waals surface area contributed by atoms with E-state index in [9.17, 15) is 13.6 Å². The molecule has 2 N–H and O–H groups in total. The van der Waals surface area contributed by atoms with Crippen LogP contribution in [-0.2, 0) is 6.54 Å². The van der Waals surface area contributed by atoms with Crippen LogP contribution in [0, 0.1) is 11.6 Å². The molecule has 0 aliphatic rings. The molecular formula is C15H11F2N5O. The van der Waals surface area contributed by atoms with Crippen molar-refractivity contribution in [2.75, 3.05) is 0 Å². The fraction of sp³-hybridized carbons (Fsp3) is 0.0667. The van der Waals surface area contributed by atoms with Crippen molar-refractivity contribution in [2.24, 2.45) is 0 Å². The quantitative estimate of drug-likeness (QED) is 0.772. The van der Waals surface area contributed by atoms with Gasteiger partial charge in [0.05, 0.1) is 6.54 Å². The second-order valence-electron chi connectivity index (χ2n) is 4.65. The molecule has 0 fully saturated rings. The van der Waals surface area contributed by atoms with Crippen molar-refractivity contribution in [1.29, 1.82) is 0 Å². The zero-order chi connectivity index (χ0) is 16.2. The summed E-state index contributed by atoms with van der Waals surface area (Å²) in [7, 11) is 0. The van der Waals surface area contributed by atoms with Gasteiger partial charge in [-0.2, -0.15) is 5.10 Å². The lowest BCUT2D eigenvalue weighted by Crippen LogP contribution is -2.23. The van der Waals surface area contributed by atoms with Crippen LogP contribution in [0.4, 0.5) is 8.78 Å². The molecule has 23 heavy (non-hydrogen) atoms. The van der Waals surface area contributed by atoms with E-state index in [4.69, 9.17) is 0 Å². The maximum Gasteiger partial charge on any atom is 0.251 e. The van der Waals surface area contributed by atoms with E-state index >= 15 is 0 Å². The average molecular weight is 315 g/mol. The fourth-order valence-corrected chi connectivity index (χ4v) is 1.91. The lowest BCUT2D eigenvalue weighted by molar-refractivity contribution is 0.0949. The smallest absolute Gasteiger partial charge is 0.251 e. The van der Waals surface area contributed by atoms with Gasteiger partial charge in [0.1, 0.15) is 5.82 Å². The van der Waals surface area contributed by atoms with E-state index in [2.05, 4.69) is 25.5 Å². The van der Waals surface area contributed by atoms with Crippen LogP contribution in [-0.4, -0.2) is 26.1 Å². The summed E-state index contributed by atoms with van der Waals surface area (Å²) >= 11 is 0. The standard InChI is InChI=1S/C15H11F2N5O/c16-11-2-1-10(7-12(11)17)15(23)19-8-13-20-14(22-21-13)9-3-5-18-6-4-9/h1-7H,8H2,(H,19,23)(H,20,21,22). The molecule has 0 spiro atoms. The number of aromatic amines is 1. The molecule has 0 saturated heterocycles. The second-order valence-corrected chi connectivity index (χ2v) is 4.65. The van der Waals surface area contributed by atoms with Crippen molar-refractivity contribution in [3.05, 3.63) is 65.7 Å². The van der Waals surface area contributed by atoms with Crippen LogP contribution in [0.2, 0.25) is 0 Å². The number of carbonyl (C=O) groups is 1. The van der Waals surface area contributed by atoms with Gasteiger partial charge in [-0.05, 0) is 30.3 Å². The SMILES string of the molecule is O=C(NCc1nc(-c2ccncc2)n[nH]1)c1ccc(F)c(F)c1. The molecule has 0 atom stereocenters. The van der Waals surface area contributed by atoms with E-state index < -0.39 is 17.5 Å². The number of amides is 1. The highest BCUT2D eigenvalue weighted by molar-refractivity contribution is 5.94. The molecule has 0 radical (unpaired) electrons. The third kappa shape index (κ3) is 3.37. The number of aromatic nitrogens is 4. The fourth-order valence-electron chi connectivity index (χ4n) is 1.91. The van der Waals surface area contributed by atoms with E-state index in [0.29, 0.717) is 11.6 Å². The first kappa shape index (κ1) is 14.8. The summed E-state index contributed by atoms with van der Waals surface area (Å²) in [6, 6.07) is 6.46. The Bertz CT molecular complexity index is 835. The topological polar surface area (TPSA) is 83.6 Å².